The number of nitrogens with two attached hydrogens (primary N) is 1. The summed E-state index contributed by atoms with van der Waals surface area (Å²) in [5.41, 5.74) is 4.96. The Morgan fingerprint density at radius 1 is 1.27 bits per heavy atom. The first-order valence-corrected chi connectivity index (χ1v) is 2.86. The van der Waals surface area contributed by atoms with Gasteiger partial charge in [-0.25, -0.2) is 8.78 Å². The number of hydrogen-bond donors (Lipinski definition) is 1. The van der Waals surface area contributed by atoms with E-state index in [0.29, 0.717) is 6.07 Å². The monoisotopic (exact) mass is 153 g/mol. The molecular weight excluding hydrogens is 148 g/mol. The summed E-state index contributed by atoms with van der Waals surface area (Å²) in [7, 11) is 0. The minimum atomic E-state index is -0.790. The molecule has 1 rings (SSSR count). The SMILES string of the molecule is C#Cc1cc(N)c(F)cc1F. The summed E-state index contributed by atoms with van der Waals surface area (Å²) in [4.78, 5) is 0. The fourth-order valence-corrected chi connectivity index (χ4v) is 0.676. The summed E-state index contributed by atoms with van der Waals surface area (Å²) in [5, 5.41) is 0. The fourth-order valence-electron chi connectivity index (χ4n) is 0.676. The predicted molar refractivity (Wildman–Crippen MR) is 38.7 cm³/mol. The molecule has 0 aromatic heterocycles. The van der Waals surface area contributed by atoms with Gasteiger partial charge in [-0.2, -0.15) is 0 Å². The van der Waals surface area contributed by atoms with Crippen LogP contribution in [0, 0.1) is 24.0 Å². The molecule has 0 saturated heterocycles. The molecule has 0 fully saturated rings. The molecule has 2 N–H and O–H groups in total. The van der Waals surface area contributed by atoms with Crippen molar-refractivity contribution in [2.75, 3.05) is 5.73 Å². The van der Waals surface area contributed by atoms with Crippen LogP contribution >= 0.6 is 0 Å². The smallest absolute Gasteiger partial charge is 0.149 e. The molecule has 0 amide bonds. The number of benzene rings is 1. The maximum Gasteiger partial charge on any atom is 0.149 e. The summed E-state index contributed by atoms with van der Waals surface area (Å²) < 4.78 is 25.1. The van der Waals surface area contributed by atoms with E-state index in [1.165, 1.54) is 0 Å². The molecular formula is C8H5F2N. The summed E-state index contributed by atoms with van der Waals surface area (Å²) in [6, 6.07) is 1.76. The number of rotatable bonds is 0. The molecule has 0 aliphatic rings. The molecule has 0 aliphatic carbocycles. The van der Waals surface area contributed by atoms with Crippen molar-refractivity contribution in [2.45, 2.75) is 0 Å². The van der Waals surface area contributed by atoms with Crippen molar-refractivity contribution in [3.63, 3.8) is 0 Å². The van der Waals surface area contributed by atoms with Gasteiger partial charge in [0.15, 0.2) is 0 Å². The first kappa shape index (κ1) is 7.55. The highest BCUT2D eigenvalue weighted by Crippen LogP contribution is 2.15. The van der Waals surface area contributed by atoms with Crippen LogP contribution in [0.2, 0.25) is 0 Å². The first-order valence-electron chi connectivity index (χ1n) is 2.86. The van der Waals surface area contributed by atoms with Gasteiger partial charge in [0.05, 0.1) is 11.3 Å². The van der Waals surface area contributed by atoms with Crippen LogP contribution in [0.25, 0.3) is 0 Å². The normalized spacial score (nSPS) is 9.18. The largest absolute Gasteiger partial charge is 0.396 e. The Balaban J connectivity index is 3.35. The van der Waals surface area contributed by atoms with E-state index in [1.54, 1.807) is 0 Å². The van der Waals surface area contributed by atoms with Crippen molar-refractivity contribution in [2.24, 2.45) is 0 Å². The molecule has 56 valence electrons. The maximum absolute atomic E-state index is 12.6. The quantitative estimate of drug-likeness (QED) is 0.444. The van der Waals surface area contributed by atoms with Gasteiger partial charge in [0.25, 0.3) is 0 Å². The van der Waals surface area contributed by atoms with Crippen LogP contribution in [0.15, 0.2) is 12.1 Å². The van der Waals surface area contributed by atoms with Crippen LogP contribution in [-0.4, -0.2) is 0 Å². The Bertz CT molecular complexity index is 326. The minimum absolute atomic E-state index is 0.0242. The first-order chi connectivity index (χ1) is 5.15. The lowest BCUT2D eigenvalue weighted by molar-refractivity contribution is 0.584. The van der Waals surface area contributed by atoms with Crippen molar-refractivity contribution < 1.29 is 8.78 Å². The van der Waals surface area contributed by atoms with Crippen molar-refractivity contribution in [3.05, 3.63) is 29.3 Å². The van der Waals surface area contributed by atoms with Crippen molar-refractivity contribution in [1.82, 2.24) is 0 Å². The lowest BCUT2D eigenvalue weighted by Crippen LogP contribution is -1.94. The summed E-state index contributed by atoms with van der Waals surface area (Å²) >= 11 is 0. The van der Waals surface area contributed by atoms with E-state index in [4.69, 9.17) is 12.2 Å². The van der Waals surface area contributed by atoms with E-state index in [0.717, 1.165) is 6.07 Å². The van der Waals surface area contributed by atoms with Gasteiger partial charge >= 0.3 is 0 Å². The molecule has 0 radical (unpaired) electrons. The zero-order chi connectivity index (χ0) is 8.43. The Labute approximate surface area is 62.8 Å². The Morgan fingerprint density at radius 2 is 1.91 bits per heavy atom. The van der Waals surface area contributed by atoms with Gasteiger partial charge in [-0.1, -0.05) is 5.92 Å². The molecule has 1 aromatic carbocycles. The van der Waals surface area contributed by atoms with Gasteiger partial charge in [0.2, 0.25) is 0 Å². The summed E-state index contributed by atoms with van der Waals surface area (Å²) in [5.74, 6) is 0.487. The van der Waals surface area contributed by atoms with Crippen molar-refractivity contribution >= 4 is 5.69 Å². The highest BCUT2D eigenvalue weighted by Gasteiger charge is 2.04. The second-order valence-electron chi connectivity index (χ2n) is 2.00. The third-order valence-corrected chi connectivity index (χ3v) is 1.24. The van der Waals surface area contributed by atoms with Crippen LogP contribution in [0.5, 0.6) is 0 Å². The van der Waals surface area contributed by atoms with E-state index in [2.05, 4.69) is 0 Å². The number of hydrogen-bond acceptors (Lipinski definition) is 1. The number of halogens is 2. The molecule has 0 spiro atoms. The Morgan fingerprint density at radius 3 is 2.45 bits per heavy atom. The molecule has 0 unspecified atom stereocenters. The minimum Gasteiger partial charge on any atom is -0.396 e. The molecule has 0 aliphatic heterocycles. The highest BCUT2D eigenvalue weighted by molar-refractivity contribution is 5.48. The maximum atomic E-state index is 12.6. The Kier molecular flexibility index (Phi) is 1.77. The zero-order valence-electron chi connectivity index (χ0n) is 5.57. The molecule has 1 nitrogen and oxygen atoms in total. The molecule has 0 atom stereocenters. The van der Waals surface area contributed by atoms with Gasteiger partial charge in [0, 0.05) is 6.07 Å². The van der Waals surface area contributed by atoms with E-state index in [-0.39, 0.29) is 11.3 Å². The van der Waals surface area contributed by atoms with E-state index >= 15 is 0 Å². The van der Waals surface area contributed by atoms with Gasteiger partial charge in [-0.05, 0) is 6.07 Å². The Hall–Kier alpha value is -1.56. The molecule has 0 heterocycles. The summed E-state index contributed by atoms with van der Waals surface area (Å²) in [6.45, 7) is 0. The predicted octanol–water partition coefficient (Wildman–Crippen LogP) is 1.53. The van der Waals surface area contributed by atoms with Crippen molar-refractivity contribution in [3.8, 4) is 12.3 Å². The van der Waals surface area contributed by atoms with Gasteiger partial charge < -0.3 is 5.73 Å². The van der Waals surface area contributed by atoms with Gasteiger partial charge in [0.1, 0.15) is 11.6 Å². The van der Waals surface area contributed by atoms with Crippen LogP contribution in [0.1, 0.15) is 5.56 Å². The molecule has 0 bridgehead atoms. The van der Waals surface area contributed by atoms with Gasteiger partial charge in [-0.15, -0.1) is 6.42 Å². The topological polar surface area (TPSA) is 26.0 Å². The van der Waals surface area contributed by atoms with Crippen molar-refractivity contribution in [1.29, 1.82) is 0 Å². The molecule has 1 aromatic rings. The molecule has 3 heteroatoms. The third kappa shape index (κ3) is 1.30. The molecule has 0 saturated carbocycles. The van der Waals surface area contributed by atoms with Crippen LogP contribution in [-0.2, 0) is 0 Å². The second kappa shape index (κ2) is 2.59. The van der Waals surface area contributed by atoms with E-state index in [1.807, 2.05) is 5.92 Å². The average Bonchev–Trinajstić information content (AvgIpc) is 1.97. The summed E-state index contributed by atoms with van der Waals surface area (Å²) in [6.07, 6.45) is 4.90. The van der Waals surface area contributed by atoms with Crippen LogP contribution in [0.3, 0.4) is 0 Å². The number of nitrogen functional groups attached to an aromatic ring is 1. The lowest BCUT2D eigenvalue weighted by atomic mass is 10.2. The van der Waals surface area contributed by atoms with Gasteiger partial charge in [-0.3, -0.25) is 0 Å². The highest BCUT2D eigenvalue weighted by atomic mass is 19.1. The number of anilines is 1. The van der Waals surface area contributed by atoms with E-state index < -0.39 is 11.6 Å². The van der Waals surface area contributed by atoms with Crippen LogP contribution in [0.4, 0.5) is 14.5 Å². The van der Waals surface area contributed by atoms with E-state index in [9.17, 15) is 8.78 Å². The third-order valence-electron chi connectivity index (χ3n) is 1.24. The lowest BCUT2D eigenvalue weighted by Gasteiger charge is -1.97. The zero-order valence-corrected chi connectivity index (χ0v) is 5.57. The second-order valence-corrected chi connectivity index (χ2v) is 2.00. The van der Waals surface area contributed by atoms with Crippen LogP contribution < -0.4 is 5.73 Å². The fraction of sp³-hybridized carbons (Fsp3) is 0. The number of terminal acetylenes is 1. The standard InChI is InChI=1S/C8H5F2N/c1-2-5-3-8(11)7(10)4-6(5)9/h1,3-4H,11H2. The average molecular weight is 153 g/mol. The molecule has 11 heavy (non-hydrogen) atoms.